The Hall–Kier alpha value is -0.320. The normalized spacial score (nSPS) is 9.90. The Kier molecular flexibility index (Phi) is 2.13. The van der Waals surface area contributed by atoms with Gasteiger partial charge in [-0.25, -0.2) is 4.39 Å². The maximum Gasteiger partial charge on any atom is 0.168 e. The van der Waals surface area contributed by atoms with E-state index in [9.17, 15) is 4.39 Å². The van der Waals surface area contributed by atoms with Gasteiger partial charge in [0.25, 0.3) is 0 Å². The molecule has 0 aliphatic heterocycles. The van der Waals surface area contributed by atoms with Crippen LogP contribution in [0.15, 0.2) is 12.1 Å². The molecule has 0 radical (unpaired) electrons. The smallest absolute Gasteiger partial charge is 0.168 e. The third-order valence-corrected chi connectivity index (χ3v) is 2.47. The number of hydrogen-bond donors (Lipinski definition) is 1. The fourth-order valence-corrected chi connectivity index (χ4v) is 1.06. The van der Waals surface area contributed by atoms with Crippen molar-refractivity contribution in [3.8, 4) is 5.75 Å². The number of phenolic OH excluding ortho intramolecular Hbond substituents is 1. The van der Waals surface area contributed by atoms with Crippen molar-refractivity contribution < 1.29 is 9.50 Å². The van der Waals surface area contributed by atoms with Crippen LogP contribution in [0.4, 0.5) is 4.39 Å². The van der Waals surface area contributed by atoms with E-state index in [0.29, 0.717) is 5.56 Å². The first kappa shape index (κ1) is 7.78. The average molecular weight is 252 g/mol. The highest BCUT2D eigenvalue weighted by atomic mass is 127. The molecule has 0 atom stereocenters. The van der Waals surface area contributed by atoms with Crippen molar-refractivity contribution in [2.24, 2.45) is 0 Å². The lowest BCUT2D eigenvalue weighted by molar-refractivity contribution is 0.429. The molecule has 0 unspecified atom stereocenters. The summed E-state index contributed by atoms with van der Waals surface area (Å²) < 4.78 is 13.6. The van der Waals surface area contributed by atoms with Crippen molar-refractivity contribution in [1.29, 1.82) is 0 Å². The monoisotopic (exact) mass is 252 g/mol. The molecule has 10 heavy (non-hydrogen) atoms. The first-order chi connectivity index (χ1) is 4.63. The van der Waals surface area contributed by atoms with Gasteiger partial charge >= 0.3 is 0 Å². The van der Waals surface area contributed by atoms with Gasteiger partial charge in [-0.3, -0.25) is 0 Å². The van der Waals surface area contributed by atoms with Crippen LogP contribution in [0.2, 0.25) is 0 Å². The molecule has 0 spiro atoms. The number of rotatable bonds is 0. The zero-order valence-corrected chi connectivity index (χ0v) is 7.52. The van der Waals surface area contributed by atoms with Gasteiger partial charge in [0.2, 0.25) is 0 Å². The molecule has 3 heteroatoms. The summed E-state index contributed by atoms with van der Waals surface area (Å²) in [6, 6.07) is 3.03. The average Bonchev–Trinajstić information content (AvgIpc) is 1.93. The number of halogens is 2. The Morgan fingerprint density at radius 3 is 2.60 bits per heavy atom. The summed E-state index contributed by atoms with van der Waals surface area (Å²) in [5, 5.41) is 8.85. The predicted octanol–water partition coefficient (Wildman–Crippen LogP) is 2.44. The summed E-state index contributed by atoms with van der Waals surface area (Å²) >= 11 is 2.02. The van der Waals surface area contributed by atoms with Gasteiger partial charge in [-0.05, 0) is 41.6 Å². The fraction of sp³-hybridized carbons (Fsp3) is 0.143. The summed E-state index contributed by atoms with van der Waals surface area (Å²) in [6.07, 6.45) is 0. The van der Waals surface area contributed by atoms with Crippen molar-refractivity contribution >= 4 is 22.6 Å². The summed E-state index contributed by atoms with van der Waals surface area (Å²) in [5.74, 6) is -0.801. The Labute approximate surface area is 72.0 Å². The SMILES string of the molecule is Cc1c(I)ccc(O)c1F. The minimum absolute atomic E-state index is 0.280. The van der Waals surface area contributed by atoms with Crippen molar-refractivity contribution in [3.05, 3.63) is 27.1 Å². The molecule has 0 aliphatic carbocycles. The lowest BCUT2D eigenvalue weighted by Gasteiger charge is -2.00. The Morgan fingerprint density at radius 2 is 2.10 bits per heavy atom. The van der Waals surface area contributed by atoms with Crippen molar-refractivity contribution in [2.45, 2.75) is 6.92 Å². The Bertz CT molecular complexity index is 233. The maximum atomic E-state index is 12.7. The lowest BCUT2D eigenvalue weighted by Crippen LogP contribution is -1.86. The van der Waals surface area contributed by atoms with Crippen LogP contribution in [-0.2, 0) is 0 Å². The maximum absolute atomic E-state index is 12.7. The Morgan fingerprint density at radius 1 is 1.50 bits per heavy atom. The van der Waals surface area contributed by atoms with Gasteiger partial charge in [-0.2, -0.15) is 0 Å². The van der Waals surface area contributed by atoms with E-state index in [-0.39, 0.29) is 5.75 Å². The molecular formula is C7H6FIO. The van der Waals surface area contributed by atoms with Crippen LogP contribution in [0.3, 0.4) is 0 Å². The van der Waals surface area contributed by atoms with E-state index in [1.54, 1.807) is 13.0 Å². The molecule has 0 bridgehead atoms. The van der Waals surface area contributed by atoms with Crippen molar-refractivity contribution in [2.75, 3.05) is 0 Å². The van der Waals surface area contributed by atoms with Gasteiger partial charge in [-0.1, -0.05) is 0 Å². The van der Waals surface area contributed by atoms with Crippen LogP contribution in [-0.4, -0.2) is 5.11 Å². The molecule has 54 valence electrons. The molecule has 0 saturated heterocycles. The van der Waals surface area contributed by atoms with Crippen LogP contribution in [0, 0.1) is 16.3 Å². The molecule has 0 saturated carbocycles. The van der Waals surface area contributed by atoms with E-state index in [2.05, 4.69) is 0 Å². The molecular weight excluding hydrogens is 246 g/mol. The zero-order valence-electron chi connectivity index (χ0n) is 5.36. The highest BCUT2D eigenvalue weighted by Gasteiger charge is 2.05. The molecule has 0 fully saturated rings. The van der Waals surface area contributed by atoms with Crippen molar-refractivity contribution in [1.82, 2.24) is 0 Å². The van der Waals surface area contributed by atoms with Gasteiger partial charge < -0.3 is 5.11 Å². The van der Waals surface area contributed by atoms with Gasteiger partial charge in [0.05, 0.1) is 0 Å². The van der Waals surface area contributed by atoms with Crippen LogP contribution in [0.5, 0.6) is 5.75 Å². The number of benzene rings is 1. The van der Waals surface area contributed by atoms with Gasteiger partial charge in [0.15, 0.2) is 11.6 Å². The van der Waals surface area contributed by atoms with E-state index < -0.39 is 5.82 Å². The number of hydrogen-bond acceptors (Lipinski definition) is 1. The summed E-state index contributed by atoms with van der Waals surface area (Å²) in [6.45, 7) is 1.64. The topological polar surface area (TPSA) is 20.2 Å². The summed E-state index contributed by atoms with van der Waals surface area (Å²) in [7, 11) is 0. The molecule has 0 heterocycles. The van der Waals surface area contributed by atoms with Gasteiger partial charge in [0, 0.05) is 9.13 Å². The van der Waals surface area contributed by atoms with Gasteiger partial charge in [-0.15, -0.1) is 0 Å². The first-order valence-electron chi connectivity index (χ1n) is 2.76. The predicted molar refractivity (Wildman–Crippen MR) is 45.5 cm³/mol. The molecule has 0 aliphatic rings. The minimum Gasteiger partial charge on any atom is -0.505 e. The van der Waals surface area contributed by atoms with Crippen LogP contribution < -0.4 is 0 Å². The minimum atomic E-state index is -0.521. The van der Waals surface area contributed by atoms with Crippen LogP contribution >= 0.6 is 22.6 Å². The molecule has 1 nitrogen and oxygen atoms in total. The van der Waals surface area contributed by atoms with Crippen LogP contribution in [0.1, 0.15) is 5.56 Å². The quantitative estimate of drug-likeness (QED) is 0.703. The molecule has 1 aromatic carbocycles. The zero-order chi connectivity index (χ0) is 7.72. The third-order valence-electron chi connectivity index (χ3n) is 1.30. The highest BCUT2D eigenvalue weighted by molar-refractivity contribution is 14.1. The summed E-state index contributed by atoms with van der Waals surface area (Å²) in [4.78, 5) is 0. The van der Waals surface area contributed by atoms with Crippen LogP contribution in [0.25, 0.3) is 0 Å². The van der Waals surface area contributed by atoms with Crippen molar-refractivity contribution in [3.63, 3.8) is 0 Å². The molecule has 0 aromatic heterocycles. The van der Waals surface area contributed by atoms with E-state index in [1.807, 2.05) is 22.6 Å². The summed E-state index contributed by atoms with van der Waals surface area (Å²) in [5.41, 5.74) is 0.501. The largest absolute Gasteiger partial charge is 0.505 e. The Balaban J connectivity index is 3.34. The fourth-order valence-electron chi connectivity index (χ4n) is 0.647. The lowest BCUT2D eigenvalue weighted by atomic mass is 10.2. The number of phenols is 1. The van der Waals surface area contributed by atoms with Gasteiger partial charge in [0.1, 0.15) is 0 Å². The molecule has 1 N–H and O–H groups in total. The second-order valence-corrected chi connectivity index (χ2v) is 3.17. The molecule has 0 amide bonds. The number of aromatic hydroxyl groups is 1. The molecule has 1 aromatic rings. The standard InChI is InChI=1S/C7H6FIO/c1-4-5(9)2-3-6(10)7(4)8/h2-3,10H,1H3. The first-order valence-corrected chi connectivity index (χ1v) is 3.84. The van der Waals surface area contributed by atoms with E-state index >= 15 is 0 Å². The third kappa shape index (κ3) is 1.23. The van der Waals surface area contributed by atoms with E-state index in [4.69, 9.17) is 5.11 Å². The molecule has 1 rings (SSSR count). The second-order valence-electron chi connectivity index (χ2n) is 2.01. The van der Waals surface area contributed by atoms with E-state index in [1.165, 1.54) is 6.07 Å². The second kappa shape index (κ2) is 2.74. The van der Waals surface area contributed by atoms with E-state index in [0.717, 1.165) is 3.57 Å². The highest BCUT2D eigenvalue weighted by Crippen LogP contribution is 2.22.